The van der Waals surface area contributed by atoms with E-state index in [1.165, 1.54) is 24.9 Å². The predicted octanol–water partition coefficient (Wildman–Crippen LogP) is 1.84. The second kappa shape index (κ2) is 14.0. The lowest BCUT2D eigenvalue weighted by Gasteiger charge is -2.18. The van der Waals surface area contributed by atoms with Crippen molar-refractivity contribution in [3.8, 4) is 0 Å². The van der Waals surface area contributed by atoms with Gasteiger partial charge in [0.05, 0.1) is 7.11 Å². The van der Waals surface area contributed by atoms with E-state index in [1.54, 1.807) is 30.3 Å². The van der Waals surface area contributed by atoms with Gasteiger partial charge in [0.15, 0.2) is 0 Å². The molecular formula is C22H29N3O5S. The Morgan fingerprint density at radius 2 is 1.77 bits per heavy atom. The maximum absolute atomic E-state index is 12.9. The van der Waals surface area contributed by atoms with E-state index in [9.17, 15) is 19.2 Å². The molecule has 1 rings (SSSR count). The number of rotatable bonds is 12. The Labute approximate surface area is 186 Å². The number of amides is 3. The van der Waals surface area contributed by atoms with Gasteiger partial charge in [-0.25, -0.2) is 4.79 Å². The standard InChI is InChI=1S/C22H29N3O5S/c1-15(2)12-18(24-20(27)17(23-14-26)10-11-31-4)21(28)25-19(22(29)30-3)13-16-8-6-5-7-9-16/h5-9,12-15,17H,10-11H2,1-4H3,(H,23,26)(H,24,27)(H,25,28)/b18-12-,19-13-/t17-/m0/s1. The summed E-state index contributed by atoms with van der Waals surface area (Å²) in [5.74, 6) is -1.34. The number of carbonyl (C=O) groups is 4. The number of ether oxygens (including phenoxy) is 1. The molecule has 0 heterocycles. The van der Waals surface area contributed by atoms with Gasteiger partial charge in [-0.3, -0.25) is 14.4 Å². The SMILES string of the molecule is COC(=O)/C(=C/c1ccccc1)NC(=O)/C(=C/C(C)C)NC(=O)[C@H](CCSC)NC=O. The minimum Gasteiger partial charge on any atom is -0.464 e. The van der Waals surface area contributed by atoms with Crippen molar-refractivity contribution in [2.45, 2.75) is 26.3 Å². The normalized spacial score (nSPS) is 12.7. The van der Waals surface area contributed by atoms with Gasteiger partial charge in [0.25, 0.3) is 5.91 Å². The molecule has 1 atom stereocenters. The summed E-state index contributed by atoms with van der Waals surface area (Å²) < 4.78 is 4.76. The highest BCUT2D eigenvalue weighted by Crippen LogP contribution is 2.09. The lowest BCUT2D eigenvalue weighted by Crippen LogP contribution is -2.46. The summed E-state index contributed by atoms with van der Waals surface area (Å²) in [4.78, 5) is 48.6. The predicted molar refractivity (Wildman–Crippen MR) is 122 cm³/mol. The highest BCUT2D eigenvalue weighted by Gasteiger charge is 2.23. The third-order valence-corrected chi connectivity index (χ3v) is 4.61. The van der Waals surface area contributed by atoms with Crippen molar-refractivity contribution < 1.29 is 23.9 Å². The molecule has 31 heavy (non-hydrogen) atoms. The van der Waals surface area contributed by atoms with Crippen LogP contribution in [0.15, 0.2) is 47.8 Å². The Balaban J connectivity index is 3.10. The molecule has 0 aliphatic heterocycles. The molecule has 8 nitrogen and oxygen atoms in total. The van der Waals surface area contributed by atoms with E-state index in [1.807, 2.05) is 26.2 Å². The average Bonchev–Trinajstić information content (AvgIpc) is 2.75. The number of methoxy groups -OCH3 is 1. The Morgan fingerprint density at radius 3 is 2.32 bits per heavy atom. The zero-order valence-electron chi connectivity index (χ0n) is 18.1. The van der Waals surface area contributed by atoms with Crippen LogP contribution in [0.1, 0.15) is 25.8 Å². The minimum absolute atomic E-state index is 0.0234. The van der Waals surface area contributed by atoms with Crippen LogP contribution >= 0.6 is 11.8 Å². The first-order valence-corrected chi connectivity index (χ1v) is 11.1. The molecule has 1 aromatic carbocycles. The molecule has 0 radical (unpaired) electrons. The topological polar surface area (TPSA) is 114 Å². The van der Waals surface area contributed by atoms with Crippen LogP contribution in [0.5, 0.6) is 0 Å². The molecule has 9 heteroatoms. The largest absolute Gasteiger partial charge is 0.464 e. The van der Waals surface area contributed by atoms with Gasteiger partial charge < -0.3 is 20.7 Å². The van der Waals surface area contributed by atoms with Crippen molar-refractivity contribution in [1.82, 2.24) is 16.0 Å². The zero-order chi connectivity index (χ0) is 23.2. The van der Waals surface area contributed by atoms with Crippen molar-refractivity contribution >= 4 is 42.0 Å². The Kier molecular flexibility index (Phi) is 11.7. The second-order valence-corrected chi connectivity index (χ2v) is 7.83. The summed E-state index contributed by atoms with van der Waals surface area (Å²) in [7, 11) is 1.21. The van der Waals surface area contributed by atoms with E-state index in [0.29, 0.717) is 24.1 Å². The fraction of sp³-hybridized carbons (Fsp3) is 0.364. The first-order chi connectivity index (χ1) is 14.8. The molecule has 1 aromatic rings. The number of esters is 1. The maximum Gasteiger partial charge on any atom is 0.354 e. The third-order valence-electron chi connectivity index (χ3n) is 3.96. The van der Waals surface area contributed by atoms with Gasteiger partial charge in [-0.1, -0.05) is 50.3 Å². The Morgan fingerprint density at radius 1 is 1.10 bits per heavy atom. The van der Waals surface area contributed by atoms with Crippen LogP contribution in [0, 0.1) is 5.92 Å². The van der Waals surface area contributed by atoms with Crippen LogP contribution in [0.4, 0.5) is 0 Å². The van der Waals surface area contributed by atoms with Crippen molar-refractivity contribution in [2.24, 2.45) is 5.92 Å². The van der Waals surface area contributed by atoms with Crippen LogP contribution in [-0.2, 0) is 23.9 Å². The minimum atomic E-state index is -0.784. The molecule has 3 amide bonds. The van der Waals surface area contributed by atoms with Gasteiger partial charge in [-0.05, 0) is 36.0 Å². The molecule has 0 aliphatic carbocycles. The summed E-state index contributed by atoms with van der Waals surface area (Å²) in [6.45, 7) is 3.69. The second-order valence-electron chi connectivity index (χ2n) is 6.85. The first kappa shape index (κ1) is 26.0. The molecule has 0 saturated heterocycles. The van der Waals surface area contributed by atoms with Crippen molar-refractivity contribution in [2.75, 3.05) is 19.1 Å². The molecule has 0 aliphatic rings. The Bertz CT molecular complexity index is 822. The molecule has 0 saturated carbocycles. The molecular weight excluding hydrogens is 418 g/mol. The molecule has 0 aromatic heterocycles. The van der Waals surface area contributed by atoms with E-state index in [4.69, 9.17) is 4.74 Å². The number of carbonyl (C=O) groups excluding carboxylic acids is 4. The zero-order valence-corrected chi connectivity index (χ0v) is 19.0. The van der Waals surface area contributed by atoms with Gasteiger partial charge in [-0.15, -0.1) is 0 Å². The monoisotopic (exact) mass is 447 g/mol. The fourth-order valence-corrected chi connectivity index (χ4v) is 2.97. The molecule has 0 unspecified atom stereocenters. The van der Waals surface area contributed by atoms with Crippen molar-refractivity contribution in [3.05, 3.63) is 53.4 Å². The van der Waals surface area contributed by atoms with Crippen LogP contribution in [0.2, 0.25) is 0 Å². The van der Waals surface area contributed by atoms with Gasteiger partial charge >= 0.3 is 5.97 Å². The molecule has 3 N–H and O–H groups in total. The van der Waals surface area contributed by atoms with Gasteiger partial charge in [-0.2, -0.15) is 11.8 Å². The maximum atomic E-state index is 12.9. The summed E-state index contributed by atoms with van der Waals surface area (Å²) in [5, 5.41) is 7.55. The summed E-state index contributed by atoms with van der Waals surface area (Å²) in [6, 6.07) is 8.16. The van der Waals surface area contributed by atoms with Gasteiger partial charge in [0.1, 0.15) is 17.4 Å². The Hall–Kier alpha value is -3.07. The van der Waals surface area contributed by atoms with Gasteiger partial charge in [0.2, 0.25) is 12.3 Å². The summed E-state index contributed by atoms with van der Waals surface area (Å²) in [6.07, 6.45) is 5.80. The third kappa shape index (κ3) is 9.52. The molecule has 0 spiro atoms. The lowest BCUT2D eigenvalue weighted by molar-refractivity contribution is -0.137. The van der Waals surface area contributed by atoms with E-state index < -0.39 is 23.8 Å². The van der Waals surface area contributed by atoms with E-state index >= 15 is 0 Å². The van der Waals surface area contributed by atoms with E-state index in [0.717, 1.165) is 0 Å². The smallest absolute Gasteiger partial charge is 0.354 e. The quantitative estimate of drug-likeness (QED) is 0.256. The van der Waals surface area contributed by atoms with Gasteiger partial charge in [0, 0.05) is 0 Å². The van der Waals surface area contributed by atoms with Crippen molar-refractivity contribution in [3.63, 3.8) is 0 Å². The number of hydrogen-bond donors (Lipinski definition) is 3. The van der Waals surface area contributed by atoms with Crippen LogP contribution in [0.3, 0.4) is 0 Å². The summed E-state index contributed by atoms with van der Waals surface area (Å²) >= 11 is 1.54. The molecule has 0 bridgehead atoms. The highest BCUT2D eigenvalue weighted by atomic mass is 32.2. The van der Waals surface area contributed by atoms with Crippen LogP contribution in [-0.4, -0.2) is 49.4 Å². The molecule has 168 valence electrons. The lowest BCUT2D eigenvalue weighted by atomic mass is 10.1. The summed E-state index contributed by atoms with van der Waals surface area (Å²) in [5.41, 5.74) is 0.589. The van der Waals surface area contributed by atoms with Crippen molar-refractivity contribution in [1.29, 1.82) is 0 Å². The number of nitrogens with one attached hydrogen (secondary N) is 3. The first-order valence-electron chi connectivity index (χ1n) is 9.70. The van der Waals surface area contributed by atoms with E-state index in [2.05, 4.69) is 16.0 Å². The number of hydrogen-bond acceptors (Lipinski definition) is 6. The van der Waals surface area contributed by atoms with E-state index in [-0.39, 0.29) is 17.3 Å². The fourth-order valence-electron chi connectivity index (χ4n) is 2.50. The highest BCUT2D eigenvalue weighted by molar-refractivity contribution is 7.98. The van der Waals surface area contributed by atoms with Crippen LogP contribution in [0.25, 0.3) is 6.08 Å². The average molecular weight is 448 g/mol. The number of allylic oxidation sites excluding steroid dienone is 1. The molecule has 0 fully saturated rings. The number of benzene rings is 1. The van der Waals surface area contributed by atoms with Crippen LogP contribution < -0.4 is 16.0 Å². The number of thioether (sulfide) groups is 1.